The van der Waals surface area contributed by atoms with Gasteiger partial charge < -0.3 is 19.2 Å². The zero-order valence-electron chi connectivity index (χ0n) is 14.8. The van der Waals surface area contributed by atoms with Crippen molar-refractivity contribution in [3.05, 3.63) is 53.9 Å². The Hall–Kier alpha value is -3.35. The minimum atomic E-state index is 0.0159. The predicted molar refractivity (Wildman–Crippen MR) is 96.6 cm³/mol. The van der Waals surface area contributed by atoms with Crippen molar-refractivity contribution in [2.75, 3.05) is 19.5 Å². The number of ether oxygens (including phenoxy) is 2. The lowest BCUT2D eigenvalue weighted by Crippen LogP contribution is -2.01. The number of rotatable bonds is 7. The Morgan fingerprint density at radius 1 is 1.08 bits per heavy atom. The zero-order chi connectivity index (χ0) is 18.5. The fraction of sp³-hybridized carbons (Fsp3) is 0.211. The molecule has 0 bridgehead atoms. The average molecular weight is 353 g/mol. The average Bonchev–Trinajstić information content (AvgIpc) is 3.15. The van der Waals surface area contributed by atoms with Gasteiger partial charge in [0.2, 0.25) is 11.8 Å². The van der Waals surface area contributed by atoms with Gasteiger partial charge in [0, 0.05) is 16.8 Å². The number of ketones is 1. The van der Waals surface area contributed by atoms with Crippen LogP contribution in [0.3, 0.4) is 0 Å². The van der Waals surface area contributed by atoms with Gasteiger partial charge in [-0.15, -0.1) is 10.2 Å². The molecule has 0 aliphatic heterocycles. The van der Waals surface area contributed by atoms with Crippen LogP contribution in [-0.4, -0.2) is 30.2 Å². The van der Waals surface area contributed by atoms with Crippen LogP contribution in [-0.2, 0) is 6.54 Å². The number of aromatic nitrogens is 2. The molecular formula is C19H19N3O4. The second-order valence-corrected chi connectivity index (χ2v) is 5.56. The van der Waals surface area contributed by atoms with Crippen molar-refractivity contribution in [1.29, 1.82) is 0 Å². The van der Waals surface area contributed by atoms with E-state index in [4.69, 9.17) is 13.9 Å². The van der Waals surface area contributed by atoms with E-state index >= 15 is 0 Å². The van der Waals surface area contributed by atoms with Gasteiger partial charge in [-0.2, -0.15) is 0 Å². The number of anilines is 1. The van der Waals surface area contributed by atoms with Crippen LogP contribution in [0.5, 0.6) is 11.5 Å². The summed E-state index contributed by atoms with van der Waals surface area (Å²) < 4.78 is 16.2. The molecule has 1 aromatic heterocycles. The SMILES string of the molecule is COc1ccc(-c2nnc(CNc3cccc(C(C)=O)c3)o2)cc1OC. The highest BCUT2D eigenvalue weighted by molar-refractivity contribution is 5.94. The quantitative estimate of drug-likeness (QED) is 0.650. The maximum atomic E-state index is 11.4. The van der Waals surface area contributed by atoms with Crippen molar-refractivity contribution in [1.82, 2.24) is 10.2 Å². The van der Waals surface area contributed by atoms with Gasteiger partial charge in [-0.05, 0) is 37.3 Å². The number of hydrogen-bond acceptors (Lipinski definition) is 7. The van der Waals surface area contributed by atoms with E-state index in [0.717, 1.165) is 11.3 Å². The third kappa shape index (κ3) is 3.83. The van der Waals surface area contributed by atoms with Crippen molar-refractivity contribution in [2.24, 2.45) is 0 Å². The summed E-state index contributed by atoms with van der Waals surface area (Å²) in [5, 5.41) is 11.3. The number of methoxy groups -OCH3 is 2. The maximum Gasteiger partial charge on any atom is 0.247 e. The molecule has 7 nitrogen and oxygen atoms in total. The Kier molecular flexibility index (Phi) is 5.17. The van der Waals surface area contributed by atoms with Gasteiger partial charge in [0.25, 0.3) is 0 Å². The highest BCUT2D eigenvalue weighted by atomic mass is 16.5. The van der Waals surface area contributed by atoms with Crippen LogP contribution in [0.4, 0.5) is 5.69 Å². The van der Waals surface area contributed by atoms with E-state index in [1.54, 1.807) is 38.5 Å². The Balaban J connectivity index is 1.72. The van der Waals surface area contributed by atoms with E-state index in [0.29, 0.717) is 35.4 Å². The Morgan fingerprint density at radius 3 is 2.62 bits per heavy atom. The van der Waals surface area contributed by atoms with Crippen LogP contribution in [0, 0.1) is 0 Å². The molecular weight excluding hydrogens is 334 g/mol. The molecule has 0 spiro atoms. The van der Waals surface area contributed by atoms with Gasteiger partial charge in [0.1, 0.15) is 0 Å². The molecule has 0 saturated heterocycles. The Labute approximate surface area is 151 Å². The largest absolute Gasteiger partial charge is 0.493 e. The van der Waals surface area contributed by atoms with Crippen molar-refractivity contribution >= 4 is 11.5 Å². The summed E-state index contributed by atoms with van der Waals surface area (Å²) in [5.41, 5.74) is 2.19. The molecule has 0 radical (unpaired) electrons. The number of carbonyl (C=O) groups excluding carboxylic acids is 1. The summed E-state index contributed by atoms with van der Waals surface area (Å²) in [6.45, 7) is 1.88. The molecule has 0 aliphatic rings. The first-order valence-corrected chi connectivity index (χ1v) is 8.00. The zero-order valence-corrected chi connectivity index (χ0v) is 14.8. The maximum absolute atomic E-state index is 11.4. The van der Waals surface area contributed by atoms with Crippen LogP contribution < -0.4 is 14.8 Å². The van der Waals surface area contributed by atoms with Gasteiger partial charge in [-0.3, -0.25) is 4.79 Å². The van der Waals surface area contributed by atoms with Crippen LogP contribution >= 0.6 is 0 Å². The molecule has 2 aromatic carbocycles. The molecule has 0 aliphatic carbocycles. The molecule has 134 valence electrons. The van der Waals surface area contributed by atoms with Crippen molar-refractivity contribution in [3.8, 4) is 23.0 Å². The lowest BCUT2D eigenvalue weighted by molar-refractivity contribution is 0.101. The summed E-state index contributed by atoms with van der Waals surface area (Å²) in [5.74, 6) is 2.05. The fourth-order valence-corrected chi connectivity index (χ4v) is 2.44. The fourth-order valence-electron chi connectivity index (χ4n) is 2.44. The van der Waals surface area contributed by atoms with Gasteiger partial charge in [0.05, 0.1) is 20.8 Å². The Morgan fingerprint density at radius 2 is 1.88 bits per heavy atom. The van der Waals surface area contributed by atoms with Gasteiger partial charge in [-0.1, -0.05) is 12.1 Å². The summed E-state index contributed by atoms with van der Waals surface area (Å²) >= 11 is 0. The molecule has 0 amide bonds. The molecule has 0 fully saturated rings. The molecule has 7 heteroatoms. The smallest absolute Gasteiger partial charge is 0.247 e. The molecule has 0 saturated carbocycles. The van der Waals surface area contributed by atoms with Crippen molar-refractivity contribution < 1.29 is 18.7 Å². The number of benzene rings is 2. The van der Waals surface area contributed by atoms with Gasteiger partial charge in [0.15, 0.2) is 17.3 Å². The molecule has 0 unspecified atom stereocenters. The predicted octanol–water partition coefficient (Wildman–Crippen LogP) is 3.57. The van der Waals surface area contributed by atoms with Crippen molar-refractivity contribution in [2.45, 2.75) is 13.5 Å². The third-order valence-electron chi connectivity index (χ3n) is 3.81. The number of carbonyl (C=O) groups is 1. The lowest BCUT2D eigenvalue weighted by Gasteiger charge is -2.07. The lowest BCUT2D eigenvalue weighted by atomic mass is 10.1. The summed E-state index contributed by atoms with van der Waals surface area (Å²) in [6, 6.07) is 12.6. The van der Waals surface area contributed by atoms with Gasteiger partial charge in [-0.25, -0.2) is 0 Å². The van der Waals surface area contributed by atoms with E-state index in [1.165, 1.54) is 6.92 Å². The number of nitrogens with zero attached hydrogens (tertiary/aromatic N) is 2. The first-order chi connectivity index (χ1) is 12.6. The van der Waals surface area contributed by atoms with E-state index in [1.807, 2.05) is 18.2 Å². The monoisotopic (exact) mass is 353 g/mol. The third-order valence-corrected chi connectivity index (χ3v) is 3.81. The molecule has 3 rings (SSSR count). The number of nitrogens with one attached hydrogen (secondary N) is 1. The molecule has 3 aromatic rings. The van der Waals surface area contributed by atoms with E-state index in [9.17, 15) is 4.79 Å². The molecule has 1 N–H and O–H groups in total. The minimum Gasteiger partial charge on any atom is -0.493 e. The van der Waals surface area contributed by atoms with E-state index in [-0.39, 0.29) is 5.78 Å². The Bertz CT molecular complexity index is 921. The van der Waals surface area contributed by atoms with Crippen molar-refractivity contribution in [3.63, 3.8) is 0 Å². The van der Waals surface area contributed by atoms with Gasteiger partial charge >= 0.3 is 0 Å². The van der Waals surface area contributed by atoms with Crippen LogP contribution in [0.2, 0.25) is 0 Å². The van der Waals surface area contributed by atoms with Crippen LogP contribution in [0.15, 0.2) is 46.9 Å². The first-order valence-electron chi connectivity index (χ1n) is 8.00. The number of Topliss-reactive ketones (excluding diaryl/α,β-unsaturated/α-hetero) is 1. The summed E-state index contributed by atoms with van der Waals surface area (Å²) in [6.07, 6.45) is 0. The minimum absolute atomic E-state index is 0.0159. The second-order valence-electron chi connectivity index (χ2n) is 5.56. The normalized spacial score (nSPS) is 10.4. The highest BCUT2D eigenvalue weighted by Crippen LogP contribution is 2.31. The van der Waals surface area contributed by atoms with Crippen LogP contribution in [0.25, 0.3) is 11.5 Å². The number of hydrogen-bond donors (Lipinski definition) is 1. The van der Waals surface area contributed by atoms with E-state index in [2.05, 4.69) is 15.5 Å². The highest BCUT2D eigenvalue weighted by Gasteiger charge is 2.12. The summed E-state index contributed by atoms with van der Waals surface area (Å²) in [4.78, 5) is 11.4. The summed E-state index contributed by atoms with van der Waals surface area (Å²) in [7, 11) is 3.15. The molecule has 26 heavy (non-hydrogen) atoms. The molecule has 1 heterocycles. The topological polar surface area (TPSA) is 86.5 Å². The van der Waals surface area contributed by atoms with Crippen LogP contribution in [0.1, 0.15) is 23.2 Å². The second kappa shape index (κ2) is 7.69. The first kappa shape index (κ1) is 17.5. The van der Waals surface area contributed by atoms with E-state index < -0.39 is 0 Å². The standard InChI is InChI=1S/C19H19N3O4/c1-12(23)13-5-4-6-15(9-13)20-11-18-21-22-19(26-18)14-7-8-16(24-2)17(10-14)25-3/h4-10,20H,11H2,1-3H3. The molecule has 0 atom stereocenters.